The number of rotatable bonds is 2. The lowest BCUT2D eigenvalue weighted by Gasteiger charge is -2.16. The van der Waals surface area contributed by atoms with Gasteiger partial charge in [0, 0.05) is 21.5 Å². The van der Waals surface area contributed by atoms with E-state index in [1.54, 1.807) is 0 Å². The molecule has 0 spiro atoms. The maximum absolute atomic E-state index is 6.24. The summed E-state index contributed by atoms with van der Waals surface area (Å²) in [7, 11) is 0. The minimum atomic E-state index is 0.0734. The number of benzene rings is 2. The Morgan fingerprint density at radius 3 is 2.75 bits per heavy atom. The van der Waals surface area contributed by atoms with Gasteiger partial charge in [-0.15, -0.1) is 0 Å². The van der Waals surface area contributed by atoms with Crippen LogP contribution in [0.3, 0.4) is 0 Å². The van der Waals surface area contributed by atoms with Crippen molar-refractivity contribution in [2.45, 2.75) is 18.2 Å². The molecule has 20 heavy (non-hydrogen) atoms. The van der Waals surface area contributed by atoms with Crippen LogP contribution < -0.4 is 4.74 Å². The Balaban J connectivity index is 2.08. The topological polar surface area (TPSA) is 9.23 Å². The normalized spacial score (nSPS) is 14.8. The van der Waals surface area contributed by atoms with E-state index < -0.39 is 0 Å². The van der Waals surface area contributed by atoms with Crippen LogP contribution in [0.25, 0.3) is 0 Å². The zero-order chi connectivity index (χ0) is 14.3. The molecule has 1 atom stereocenters. The highest BCUT2D eigenvalue weighted by molar-refractivity contribution is 9.10. The van der Waals surface area contributed by atoms with Crippen molar-refractivity contribution in [3.8, 4) is 5.75 Å². The van der Waals surface area contributed by atoms with Crippen LogP contribution in [0.15, 0.2) is 34.8 Å². The molecule has 0 radical (unpaired) electrons. The van der Waals surface area contributed by atoms with Gasteiger partial charge in [-0.2, -0.15) is 0 Å². The SMILES string of the molecule is Cc1cc(Br)cc(C(Br)c2cc(Cl)cc3c2OCC3)c1. The first-order valence-electron chi connectivity index (χ1n) is 6.41. The first-order chi connectivity index (χ1) is 9.54. The van der Waals surface area contributed by atoms with Gasteiger partial charge in [-0.05, 0) is 47.9 Å². The van der Waals surface area contributed by atoms with Crippen LogP contribution in [0.4, 0.5) is 0 Å². The molecule has 0 bridgehead atoms. The highest BCUT2D eigenvalue weighted by atomic mass is 79.9. The summed E-state index contributed by atoms with van der Waals surface area (Å²) in [5, 5.41) is 0.764. The monoisotopic (exact) mass is 414 g/mol. The van der Waals surface area contributed by atoms with Crippen molar-refractivity contribution in [3.63, 3.8) is 0 Å². The first-order valence-corrected chi connectivity index (χ1v) is 8.49. The molecule has 2 aromatic carbocycles. The van der Waals surface area contributed by atoms with Gasteiger partial charge in [0.25, 0.3) is 0 Å². The van der Waals surface area contributed by atoms with Crippen molar-refractivity contribution < 1.29 is 4.74 Å². The molecule has 4 heteroatoms. The minimum absolute atomic E-state index is 0.0734. The van der Waals surface area contributed by atoms with E-state index in [1.807, 2.05) is 12.1 Å². The van der Waals surface area contributed by atoms with Gasteiger partial charge in [0.1, 0.15) is 5.75 Å². The van der Waals surface area contributed by atoms with E-state index in [2.05, 4.69) is 57.0 Å². The second-order valence-corrected chi connectivity index (χ2v) is 7.27. The van der Waals surface area contributed by atoms with E-state index in [1.165, 1.54) is 16.7 Å². The van der Waals surface area contributed by atoms with Gasteiger partial charge in [-0.1, -0.05) is 49.5 Å². The molecule has 1 unspecified atom stereocenters. The van der Waals surface area contributed by atoms with Gasteiger partial charge < -0.3 is 4.74 Å². The number of ether oxygens (including phenoxy) is 1. The summed E-state index contributed by atoms with van der Waals surface area (Å²) in [5.41, 5.74) is 4.71. The summed E-state index contributed by atoms with van der Waals surface area (Å²) in [5.74, 6) is 0.980. The van der Waals surface area contributed by atoms with E-state index in [0.29, 0.717) is 0 Å². The van der Waals surface area contributed by atoms with Crippen molar-refractivity contribution in [1.82, 2.24) is 0 Å². The van der Waals surface area contributed by atoms with E-state index >= 15 is 0 Å². The van der Waals surface area contributed by atoms with Crippen LogP contribution in [-0.4, -0.2) is 6.61 Å². The van der Waals surface area contributed by atoms with Gasteiger partial charge in [-0.25, -0.2) is 0 Å². The molecule has 0 saturated heterocycles. The maximum Gasteiger partial charge on any atom is 0.127 e. The van der Waals surface area contributed by atoms with Crippen molar-refractivity contribution in [1.29, 1.82) is 0 Å². The van der Waals surface area contributed by atoms with Crippen molar-refractivity contribution >= 4 is 43.5 Å². The van der Waals surface area contributed by atoms with E-state index in [-0.39, 0.29) is 4.83 Å². The first kappa shape index (κ1) is 14.4. The lowest BCUT2D eigenvalue weighted by Crippen LogP contribution is -1.98. The Bertz CT molecular complexity index is 650. The highest BCUT2D eigenvalue weighted by Crippen LogP contribution is 2.43. The Morgan fingerprint density at radius 1 is 1.20 bits per heavy atom. The fourth-order valence-corrected chi connectivity index (χ4v) is 4.06. The number of hydrogen-bond acceptors (Lipinski definition) is 1. The second kappa shape index (κ2) is 5.70. The summed E-state index contributed by atoms with van der Waals surface area (Å²) in [6, 6.07) is 10.4. The number of alkyl halides is 1. The van der Waals surface area contributed by atoms with Gasteiger partial charge in [-0.3, -0.25) is 0 Å². The molecule has 1 aliphatic rings. The maximum atomic E-state index is 6.24. The molecule has 0 aromatic heterocycles. The molecule has 1 nitrogen and oxygen atoms in total. The van der Waals surface area contributed by atoms with Crippen LogP contribution in [0, 0.1) is 6.92 Å². The van der Waals surface area contributed by atoms with Crippen LogP contribution >= 0.6 is 43.5 Å². The van der Waals surface area contributed by atoms with E-state index in [4.69, 9.17) is 16.3 Å². The molecule has 0 N–H and O–H groups in total. The molecule has 0 amide bonds. The predicted molar refractivity (Wildman–Crippen MR) is 90.3 cm³/mol. The Hall–Kier alpha value is -0.510. The lowest BCUT2D eigenvalue weighted by atomic mass is 10.00. The van der Waals surface area contributed by atoms with Crippen molar-refractivity contribution in [2.75, 3.05) is 6.61 Å². The number of fused-ring (bicyclic) bond motifs is 1. The molecule has 2 aromatic rings. The zero-order valence-corrected chi connectivity index (χ0v) is 14.8. The number of aryl methyl sites for hydroxylation is 1. The van der Waals surface area contributed by atoms with Crippen LogP contribution in [0.1, 0.15) is 27.1 Å². The molecule has 1 aliphatic heterocycles. The third-order valence-electron chi connectivity index (χ3n) is 3.41. The Kier molecular flexibility index (Phi) is 4.11. The minimum Gasteiger partial charge on any atom is -0.493 e. The Labute approximate surface area is 140 Å². The largest absolute Gasteiger partial charge is 0.493 e. The highest BCUT2D eigenvalue weighted by Gasteiger charge is 2.23. The molecule has 3 rings (SSSR count). The smallest absolute Gasteiger partial charge is 0.127 e. The summed E-state index contributed by atoms with van der Waals surface area (Å²) >= 11 is 13.6. The standard InChI is InChI=1S/C16H13Br2ClO/c1-9-4-11(6-12(17)5-9)15(18)14-8-13(19)7-10-2-3-20-16(10)14/h4-8,15H,2-3H2,1H3. The van der Waals surface area contributed by atoms with E-state index in [9.17, 15) is 0 Å². The average Bonchev–Trinajstić information content (AvgIpc) is 2.83. The number of halogens is 3. The summed E-state index contributed by atoms with van der Waals surface area (Å²) in [6.07, 6.45) is 0.931. The van der Waals surface area contributed by atoms with Gasteiger partial charge in [0.15, 0.2) is 0 Å². The fourth-order valence-electron chi connectivity index (χ4n) is 2.58. The van der Waals surface area contributed by atoms with Gasteiger partial charge >= 0.3 is 0 Å². The van der Waals surface area contributed by atoms with Crippen LogP contribution in [-0.2, 0) is 6.42 Å². The molecular weight excluding hydrogens is 403 g/mol. The predicted octanol–water partition coefficient (Wildman–Crippen LogP) is 5.83. The molecule has 0 saturated carbocycles. The van der Waals surface area contributed by atoms with Crippen molar-refractivity contribution in [3.05, 3.63) is 62.1 Å². The fraction of sp³-hybridized carbons (Fsp3) is 0.250. The summed E-state index contributed by atoms with van der Waals surface area (Å²) in [6.45, 7) is 2.83. The van der Waals surface area contributed by atoms with Crippen LogP contribution in [0.5, 0.6) is 5.75 Å². The van der Waals surface area contributed by atoms with Crippen molar-refractivity contribution in [2.24, 2.45) is 0 Å². The quantitative estimate of drug-likeness (QED) is 0.560. The third kappa shape index (κ3) is 2.76. The average molecular weight is 417 g/mol. The molecule has 104 valence electrons. The summed E-state index contributed by atoms with van der Waals surface area (Å²) in [4.78, 5) is 0.0734. The molecule has 1 heterocycles. The molecule has 0 aliphatic carbocycles. The molecule has 0 fully saturated rings. The third-order valence-corrected chi connectivity index (χ3v) is 5.11. The Morgan fingerprint density at radius 2 is 2.00 bits per heavy atom. The second-order valence-electron chi connectivity index (χ2n) is 5.01. The summed E-state index contributed by atoms with van der Waals surface area (Å²) < 4.78 is 6.87. The zero-order valence-electron chi connectivity index (χ0n) is 10.9. The number of hydrogen-bond donors (Lipinski definition) is 0. The van der Waals surface area contributed by atoms with Gasteiger partial charge in [0.05, 0.1) is 11.4 Å². The van der Waals surface area contributed by atoms with Crippen LogP contribution in [0.2, 0.25) is 5.02 Å². The lowest BCUT2D eigenvalue weighted by molar-refractivity contribution is 0.354. The van der Waals surface area contributed by atoms with Gasteiger partial charge in [0.2, 0.25) is 0 Å². The van der Waals surface area contributed by atoms with E-state index in [0.717, 1.165) is 33.8 Å². The molecular formula is C16H13Br2ClO.